The number of ether oxygens (including phenoxy) is 1. The molecular formula is C19H29N3O3. The van der Waals surface area contributed by atoms with Gasteiger partial charge in [-0.1, -0.05) is 5.16 Å². The highest BCUT2D eigenvalue weighted by Gasteiger charge is 2.42. The van der Waals surface area contributed by atoms with Crippen LogP contribution in [0.5, 0.6) is 0 Å². The summed E-state index contributed by atoms with van der Waals surface area (Å²) in [4.78, 5) is 17.0. The molecule has 138 valence electrons. The predicted octanol–water partition coefficient (Wildman–Crippen LogP) is 2.28. The summed E-state index contributed by atoms with van der Waals surface area (Å²) in [6, 6.07) is 0. The van der Waals surface area contributed by atoms with Gasteiger partial charge >= 0.3 is 0 Å². The first-order chi connectivity index (χ1) is 12.0. The number of rotatable bonds is 4. The molecule has 1 aromatic heterocycles. The van der Waals surface area contributed by atoms with Gasteiger partial charge in [-0.25, -0.2) is 0 Å². The molecule has 0 bridgehead atoms. The fourth-order valence-electron chi connectivity index (χ4n) is 4.28. The van der Waals surface area contributed by atoms with E-state index in [1.807, 2.05) is 13.8 Å². The quantitative estimate of drug-likeness (QED) is 0.836. The second-order valence-corrected chi connectivity index (χ2v) is 8.11. The molecule has 3 aliphatic rings. The van der Waals surface area contributed by atoms with Crippen molar-refractivity contribution in [3.63, 3.8) is 0 Å². The van der Waals surface area contributed by atoms with Crippen LogP contribution < -0.4 is 0 Å². The zero-order chi connectivity index (χ0) is 17.4. The minimum Gasteiger partial charge on any atom is -0.370 e. The summed E-state index contributed by atoms with van der Waals surface area (Å²) in [7, 11) is 0. The maximum atomic E-state index is 12.5. The molecule has 1 saturated carbocycles. The molecule has 4 rings (SSSR count). The summed E-state index contributed by atoms with van der Waals surface area (Å²) < 4.78 is 11.5. The molecule has 2 saturated heterocycles. The van der Waals surface area contributed by atoms with Crippen molar-refractivity contribution in [2.45, 2.75) is 58.1 Å². The SMILES string of the molecule is Cc1noc(C)c1CN1CCCC2(C1)CN(C(=O)CC1CC1)CCO2. The largest absolute Gasteiger partial charge is 0.370 e. The first kappa shape index (κ1) is 17.0. The van der Waals surface area contributed by atoms with Crippen LogP contribution in [0.15, 0.2) is 4.52 Å². The van der Waals surface area contributed by atoms with Crippen molar-refractivity contribution in [1.82, 2.24) is 15.0 Å². The van der Waals surface area contributed by atoms with E-state index in [9.17, 15) is 4.79 Å². The van der Waals surface area contributed by atoms with Gasteiger partial charge in [-0.15, -0.1) is 0 Å². The Balaban J connectivity index is 1.41. The first-order valence-corrected chi connectivity index (χ1v) is 9.60. The molecule has 1 unspecified atom stereocenters. The summed E-state index contributed by atoms with van der Waals surface area (Å²) in [5, 5.41) is 4.07. The van der Waals surface area contributed by atoms with E-state index < -0.39 is 0 Å². The zero-order valence-corrected chi connectivity index (χ0v) is 15.4. The highest BCUT2D eigenvalue weighted by atomic mass is 16.5. The van der Waals surface area contributed by atoms with E-state index in [-0.39, 0.29) is 5.60 Å². The molecule has 1 atom stereocenters. The number of carbonyl (C=O) groups is 1. The van der Waals surface area contributed by atoms with Gasteiger partial charge in [-0.3, -0.25) is 9.69 Å². The van der Waals surface area contributed by atoms with Crippen LogP contribution in [0.3, 0.4) is 0 Å². The Morgan fingerprint density at radius 1 is 1.28 bits per heavy atom. The smallest absolute Gasteiger partial charge is 0.223 e. The van der Waals surface area contributed by atoms with Crippen molar-refractivity contribution in [2.75, 3.05) is 32.8 Å². The molecule has 6 nitrogen and oxygen atoms in total. The van der Waals surface area contributed by atoms with Gasteiger partial charge in [0.25, 0.3) is 0 Å². The molecule has 3 heterocycles. The van der Waals surface area contributed by atoms with Crippen LogP contribution in [0, 0.1) is 19.8 Å². The van der Waals surface area contributed by atoms with Crippen molar-refractivity contribution in [3.8, 4) is 0 Å². The predicted molar refractivity (Wildman–Crippen MR) is 93.1 cm³/mol. The van der Waals surface area contributed by atoms with Crippen LogP contribution in [-0.2, 0) is 16.1 Å². The second kappa shape index (κ2) is 6.72. The summed E-state index contributed by atoms with van der Waals surface area (Å²) in [5.41, 5.74) is 1.96. The molecule has 0 aromatic carbocycles. The Morgan fingerprint density at radius 2 is 2.12 bits per heavy atom. The molecule has 0 radical (unpaired) electrons. The topological polar surface area (TPSA) is 58.8 Å². The Morgan fingerprint density at radius 3 is 2.84 bits per heavy atom. The Labute approximate surface area is 149 Å². The van der Waals surface area contributed by atoms with Gasteiger partial charge in [0.1, 0.15) is 5.76 Å². The third-order valence-electron chi connectivity index (χ3n) is 5.94. The van der Waals surface area contributed by atoms with E-state index in [2.05, 4.69) is 15.0 Å². The number of hydrogen-bond acceptors (Lipinski definition) is 5. The average Bonchev–Trinajstić information content (AvgIpc) is 3.36. The third kappa shape index (κ3) is 3.75. The van der Waals surface area contributed by atoms with Gasteiger partial charge in [0.15, 0.2) is 0 Å². The standard InChI is InChI=1S/C19H29N3O3/c1-14-17(15(2)25-20-14)11-21-7-3-6-19(12-21)13-22(8-9-24-19)18(23)10-16-4-5-16/h16H,3-13H2,1-2H3. The minimum atomic E-state index is -0.200. The molecule has 3 fully saturated rings. The summed E-state index contributed by atoms with van der Waals surface area (Å²) in [6.45, 7) is 8.92. The zero-order valence-electron chi connectivity index (χ0n) is 15.4. The van der Waals surface area contributed by atoms with E-state index in [0.717, 1.165) is 63.4 Å². The van der Waals surface area contributed by atoms with E-state index >= 15 is 0 Å². The summed E-state index contributed by atoms with van der Waals surface area (Å²) >= 11 is 0. The van der Waals surface area contributed by atoms with Crippen molar-refractivity contribution < 1.29 is 14.1 Å². The normalized spacial score (nSPS) is 27.8. The third-order valence-corrected chi connectivity index (χ3v) is 5.94. The van der Waals surface area contributed by atoms with E-state index in [1.165, 1.54) is 18.4 Å². The lowest BCUT2D eigenvalue weighted by molar-refractivity contribution is -0.162. The lowest BCUT2D eigenvalue weighted by atomic mass is 9.90. The number of piperidine rings is 1. The number of morpholine rings is 1. The maximum Gasteiger partial charge on any atom is 0.223 e. The molecule has 25 heavy (non-hydrogen) atoms. The van der Waals surface area contributed by atoms with Crippen LogP contribution in [0.2, 0.25) is 0 Å². The number of aromatic nitrogens is 1. The highest BCUT2D eigenvalue weighted by Crippen LogP contribution is 2.35. The Hall–Kier alpha value is -1.40. The van der Waals surface area contributed by atoms with Gasteiger partial charge in [0.2, 0.25) is 5.91 Å². The first-order valence-electron chi connectivity index (χ1n) is 9.60. The monoisotopic (exact) mass is 347 g/mol. The van der Waals surface area contributed by atoms with Crippen molar-refractivity contribution in [3.05, 3.63) is 17.0 Å². The van der Waals surface area contributed by atoms with Crippen LogP contribution in [0.4, 0.5) is 0 Å². The van der Waals surface area contributed by atoms with Crippen molar-refractivity contribution in [1.29, 1.82) is 0 Å². The Bertz CT molecular complexity index is 616. The number of likely N-dealkylation sites (tertiary alicyclic amines) is 1. The van der Waals surface area contributed by atoms with Gasteiger partial charge in [0, 0.05) is 31.6 Å². The molecular weight excluding hydrogens is 318 g/mol. The average molecular weight is 347 g/mol. The number of nitrogens with zero attached hydrogens (tertiary/aromatic N) is 3. The van der Waals surface area contributed by atoms with Gasteiger partial charge in [-0.2, -0.15) is 0 Å². The van der Waals surface area contributed by atoms with Crippen LogP contribution in [-0.4, -0.2) is 59.3 Å². The fourth-order valence-corrected chi connectivity index (χ4v) is 4.28. The lowest BCUT2D eigenvalue weighted by Gasteiger charge is -2.48. The van der Waals surface area contributed by atoms with E-state index in [4.69, 9.17) is 9.26 Å². The number of amides is 1. The molecule has 2 aliphatic heterocycles. The summed E-state index contributed by atoms with van der Waals surface area (Å²) in [5.74, 6) is 1.88. The molecule has 1 spiro atoms. The van der Waals surface area contributed by atoms with Gasteiger partial charge < -0.3 is 14.2 Å². The molecule has 1 aliphatic carbocycles. The lowest BCUT2D eigenvalue weighted by Crippen LogP contribution is -2.60. The second-order valence-electron chi connectivity index (χ2n) is 8.11. The van der Waals surface area contributed by atoms with Gasteiger partial charge in [-0.05, 0) is 52.0 Å². The highest BCUT2D eigenvalue weighted by molar-refractivity contribution is 5.77. The number of carbonyl (C=O) groups excluding carboxylic acids is 1. The molecule has 1 amide bonds. The Kier molecular flexibility index (Phi) is 4.58. The van der Waals surface area contributed by atoms with Crippen LogP contribution in [0.1, 0.15) is 49.1 Å². The van der Waals surface area contributed by atoms with Crippen molar-refractivity contribution in [2.24, 2.45) is 5.92 Å². The fraction of sp³-hybridized carbons (Fsp3) is 0.789. The van der Waals surface area contributed by atoms with E-state index in [0.29, 0.717) is 18.4 Å². The molecule has 6 heteroatoms. The summed E-state index contributed by atoms with van der Waals surface area (Å²) in [6.07, 6.45) is 5.34. The van der Waals surface area contributed by atoms with Crippen LogP contribution >= 0.6 is 0 Å². The minimum absolute atomic E-state index is 0.200. The van der Waals surface area contributed by atoms with E-state index in [1.54, 1.807) is 0 Å². The molecule has 1 aromatic rings. The maximum absolute atomic E-state index is 12.5. The van der Waals surface area contributed by atoms with Crippen LogP contribution in [0.25, 0.3) is 0 Å². The number of hydrogen-bond donors (Lipinski definition) is 0. The molecule has 0 N–H and O–H groups in total. The van der Waals surface area contributed by atoms with Gasteiger partial charge in [0.05, 0.1) is 24.4 Å². The van der Waals surface area contributed by atoms with Crippen molar-refractivity contribution >= 4 is 5.91 Å². The number of aryl methyl sites for hydroxylation is 2.